The number of pyridine rings is 1. The van der Waals surface area contributed by atoms with E-state index in [0.29, 0.717) is 32.9 Å². The molecule has 0 bridgehead atoms. The molecule has 0 unspecified atom stereocenters. The van der Waals surface area contributed by atoms with Crippen LogP contribution in [-0.2, 0) is 11.3 Å². The molecule has 0 radical (unpaired) electrons. The predicted molar refractivity (Wildman–Crippen MR) is 119 cm³/mol. The smallest absolute Gasteiger partial charge is 0.354 e. The largest absolute Gasteiger partial charge is 0.477 e. The van der Waals surface area contributed by atoms with E-state index in [1.807, 2.05) is 31.2 Å². The maximum atomic E-state index is 12.8. The molecule has 1 N–H and O–H groups in total. The molecule has 1 aliphatic rings. The molecule has 0 saturated carbocycles. The molecule has 3 aromatic rings. The summed E-state index contributed by atoms with van der Waals surface area (Å²) in [5, 5.41) is 8.94. The second-order valence-corrected chi connectivity index (χ2v) is 8.37. The summed E-state index contributed by atoms with van der Waals surface area (Å²) in [6, 6.07) is 14.5. The van der Waals surface area contributed by atoms with Gasteiger partial charge in [-0.25, -0.2) is 9.78 Å². The van der Waals surface area contributed by atoms with Gasteiger partial charge in [-0.05, 0) is 36.8 Å². The molecule has 1 aromatic carbocycles. The molecule has 8 heteroatoms. The summed E-state index contributed by atoms with van der Waals surface area (Å²) in [5.74, 6) is -0.214. The Kier molecular flexibility index (Phi) is 5.52. The number of hydrogen-bond acceptors (Lipinski definition) is 6. The SMILES string of the molecule is Cc1ccc(CN2C(=O)/C(=C/c3ccc(-c4ccc(C(=O)O)nc4)o3)SC2=S)cc1. The van der Waals surface area contributed by atoms with Gasteiger partial charge in [0.15, 0.2) is 0 Å². The van der Waals surface area contributed by atoms with Crippen LogP contribution >= 0.6 is 24.0 Å². The van der Waals surface area contributed by atoms with Crippen molar-refractivity contribution >= 4 is 46.3 Å². The fraction of sp³-hybridized carbons (Fsp3) is 0.0909. The molecule has 4 rings (SSSR count). The Morgan fingerprint density at radius 2 is 1.97 bits per heavy atom. The molecule has 1 amide bonds. The lowest BCUT2D eigenvalue weighted by molar-refractivity contribution is -0.122. The second-order valence-electron chi connectivity index (χ2n) is 6.69. The van der Waals surface area contributed by atoms with E-state index in [9.17, 15) is 9.59 Å². The Bertz CT molecular complexity index is 1160. The molecule has 30 heavy (non-hydrogen) atoms. The van der Waals surface area contributed by atoms with Crippen LogP contribution in [0.25, 0.3) is 17.4 Å². The Morgan fingerprint density at radius 3 is 2.63 bits per heavy atom. The Labute approximate surface area is 182 Å². The van der Waals surface area contributed by atoms with E-state index in [0.717, 1.165) is 11.1 Å². The van der Waals surface area contributed by atoms with Crippen molar-refractivity contribution in [2.24, 2.45) is 0 Å². The van der Waals surface area contributed by atoms with Crippen LogP contribution in [0.5, 0.6) is 0 Å². The quantitative estimate of drug-likeness (QED) is 0.456. The first-order valence-electron chi connectivity index (χ1n) is 9.01. The van der Waals surface area contributed by atoms with Crippen LogP contribution in [0.15, 0.2) is 64.1 Å². The number of thiocarbonyl (C=S) groups is 1. The lowest BCUT2D eigenvalue weighted by atomic mass is 10.1. The highest BCUT2D eigenvalue weighted by atomic mass is 32.2. The minimum absolute atomic E-state index is 0.0391. The Hall–Kier alpha value is -3.23. The number of aromatic carboxylic acids is 1. The van der Waals surface area contributed by atoms with Crippen LogP contribution in [0.3, 0.4) is 0 Å². The fourth-order valence-electron chi connectivity index (χ4n) is 2.89. The maximum Gasteiger partial charge on any atom is 0.354 e. The first kappa shape index (κ1) is 20.1. The number of thioether (sulfide) groups is 1. The van der Waals surface area contributed by atoms with Crippen LogP contribution in [-0.4, -0.2) is 31.2 Å². The van der Waals surface area contributed by atoms with Crippen LogP contribution in [0.2, 0.25) is 0 Å². The van der Waals surface area contributed by atoms with Gasteiger partial charge >= 0.3 is 5.97 Å². The van der Waals surface area contributed by atoms with Crippen LogP contribution in [0, 0.1) is 6.92 Å². The summed E-state index contributed by atoms with van der Waals surface area (Å²) in [7, 11) is 0. The fourth-order valence-corrected chi connectivity index (χ4v) is 4.13. The number of carbonyl (C=O) groups is 2. The van der Waals surface area contributed by atoms with Gasteiger partial charge in [-0.1, -0.05) is 53.8 Å². The van der Waals surface area contributed by atoms with E-state index < -0.39 is 5.97 Å². The number of hydrogen-bond donors (Lipinski definition) is 1. The number of nitrogens with zero attached hydrogens (tertiary/aromatic N) is 2. The summed E-state index contributed by atoms with van der Waals surface area (Å²) in [4.78, 5) is 29.7. The van der Waals surface area contributed by atoms with Crippen molar-refractivity contribution in [3.8, 4) is 11.3 Å². The van der Waals surface area contributed by atoms with Gasteiger partial charge in [-0.3, -0.25) is 9.69 Å². The van der Waals surface area contributed by atoms with Gasteiger partial charge in [0.05, 0.1) is 11.4 Å². The first-order valence-corrected chi connectivity index (χ1v) is 10.2. The number of aromatic nitrogens is 1. The van der Waals surface area contributed by atoms with Crippen molar-refractivity contribution in [3.05, 3.63) is 82.2 Å². The number of rotatable bonds is 5. The van der Waals surface area contributed by atoms with Gasteiger partial charge in [-0.2, -0.15) is 0 Å². The molecular formula is C22H16N2O4S2. The van der Waals surface area contributed by atoms with E-state index in [4.69, 9.17) is 21.7 Å². The summed E-state index contributed by atoms with van der Waals surface area (Å²) >= 11 is 6.63. The zero-order chi connectivity index (χ0) is 21.3. The van der Waals surface area contributed by atoms with Gasteiger partial charge in [0.2, 0.25) is 0 Å². The third-order valence-electron chi connectivity index (χ3n) is 4.50. The minimum Gasteiger partial charge on any atom is -0.477 e. The monoisotopic (exact) mass is 436 g/mol. The first-order chi connectivity index (χ1) is 14.4. The Morgan fingerprint density at radius 1 is 1.20 bits per heavy atom. The number of furan rings is 1. The summed E-state index contributed by atoms with van der Waals surface area (Å²) in [5.41, 5.74) is 2.77. The van der Waals surface area contributed by atoms with Crippen LogP contribution < -0.4 is 0 Å². The maximum absolute atomic E-state index is 12.8. The second kappa shape index (κ2) is 8.25. The number of carboxylic acids is 1. The minimum atomic E-state index is -1.09. The highest BCUT2D eigenvalue weighted by molar-refractivity contribution is 8.26. The average Bonchev–Trinajstić information content (AvgIpc) is 3.30. The zero-order valence-electron chi connectivity index (χ0n) is 15.9. The molecule has 1 fully saturated rings. The van der Waals surface area contributed by atoms with Crippen molar-refractivity contribution in [2.45, 2.75) is 13.5 Å². The number of aryl methyl sites for hydroxylation is 1. The molecule has 0 aliphatic carbocycles. The summed E-state index contributed by atoms with van der Waals surface area (Å²) < 4.78 is 6.30. The molecule has 1 saturated heterocycles. The van der Waals surface area contributed by atoms with Crippen LogP contribution in [0.1, 0.15) is 27.4 Å². The normalized spacial score (nSPS) is 15.2. The van der Waals surface area contributed by atoms with Crippen molar-refractivity contribution in [2.75, 3.05) is 0 Å². The highest BCUT2D eigenvalue weighted by Gasteiger charge is 2.32. The third kappa shape index (κ3) is 4.19. The average molecular weight is 437 g/mol. The van der Waals surface area contributed by atoms with Gasteiger partial charge in [0, 0.05) is 17.8 Å². The molecule has 0 atom stereocenters. The number of carboxylic acid groups (broad SMARTS) is 1. The molecule has 6 nitrogen and oxygen atoms in total. The van der Waals surface area contributed by atoms with E-state index in [-0.39, 0.29) is 11.6 Å². The lowest BCUT2D eigenvalue weighted by Gasteiger charge is -2.14. The van der Waals surface area contributed by atoms with E-state index in [1.165, 1.54) is 24.0 Å². The number of benzene rings is 1. The van der Waals surface area contributed by atoms with Crippen molar-refractivity contribution in [1.82, 2.24) is 9.88 Å². The van der Waals surface area contributed by atoms with Gasteiger partial charge in [-0.15, -0.1) is 0 Å². The Balaban J connectivity index is 1.51. The van der Waals surface area contributed by atoms with Gasteiger partial charge in [0.25, 0.3) is 5.91 Å². The molecule has 3 heterocycles. The molecule has 1 aliphatic heterocycles. The van der Waals surface area contributed by atoms with Crippen LogP contribution in [0.4, 0.5) is 0 Å². The van der Waals surface area contributed by atoms with Gasteiger partial charge < -0.3 is 9.52 Å². The van der Waals surface area contributed by atoms with Crippen molar-refractivity contribution in [3.63, 3.8) is 0 Å². The predicted octanol–water partition coefficient (Wildman–Crippen LogP) is 4.75. The standard InChI is InChI=1S/C22H16N2O4S2/c1-13-2-4-14(5-3-13)12-24-20(25)19(30-22(24)29)10-16-7-9-18(28-16)15-6-8-17(21(26)27)23-11-15/h2-11H,12H2,1H3,(H,26,27)/b19-10-. The van der Waals surface area contributed by atoms with E-state index in [2.05, 4.69) is 4.98 Å². The molecule has 150 valence electrons. The lowest BCUT2D eigenvalue weighted by Crippen LogP contribution is -2.27. The molecule has 2 aromatic heterocycles. The van der Waals surface area contributed by atoms with Crippen molar-refractivity contribution < 1.29 is 19.1 Å². The summed E-state index contributed by atoms with van der Waals surface area (Å²) in [6.45, 7) is 2.44. The molecular weight excluding hydrogens is 420 g/mol. The van der Waals surface area contributed by atoms with Gasteiger partial charge in [0.1, 0.15) is 21.5 Å². The van der Waals surface area contributed by atoms with Crippen molar-refractivity contribution in [1.29, 1.82) is 0 Å². The third-order valence-corrected chi connectivity index (χ3v) is 5.88. The highest BCUT2D eigenvalue weighted by Crippen LogP contribution is 2.34. The van der Waals surface area contributed by atoms with E-state index >= 15 is 0 Å². The number of amides is 1. The van der Waals surface area contributed by atoms with E-state index in [1.54, 1.807) is 29.2 Å². The topological polar surface area (TPSA) is 83.6 Å². The summed E-state index contributed by atoms with van der Waals surface area (Å²) in [6.07, 6.45) is 3.10. The zero-order valence-corrected chi connectivity index (χ0v) is 17.5. The number of carbonyl (C=O) groups excluding carboxylic acids is 1. The molecule has 0 spiro atoms.